The Hall–Kier alpha value is -7.53. The first kappa shape index (κ1) is 59.6. The first-order chi connectivity index (χ1) is 39.8. The van der Waals surface area contributed by atoms with Crippen LogP contribution >= 0.6 is 0 Å². The quantitative estimate of drug-likeness (QED) is 0.0376. The number of hydrazone groups is 1. The van der Waals surface area contributed by atoms with Gasteiger partial charge in [-0.3, -0.25) is 29.1 Å². The number of ketones is 1. The molecule has 2 aliphatic carbocycles. The molecule has 21 nitrogen and oxygen atoms in total. The van der Waals surface area contributed by atoms with E-state index in [1.165, 1.54) is 71.7 Å². The fourth-order valence-electron chi connectivity index (χ4n) is 13.2. The summed E-state index contributed by atoms with van der Waals surface area (Å²) in [5, 5.41) is 78.2. The van der Waals surface area contributed by atoms with E-state index in [1.54, 1.807) is 55.5 Å². The number of pyridine rings is 1. The van der Waals surface area contributed by atoms with Crippen molar-refractivity contribution in [1.82, 2.24) is 14.5 Å². The number of hydrogen-bond acceptors (Lipinski definition) is 18. The minimum absolute atomic E-state index is 0.0172. The topological polar surface area (TPSA) is 283 Å². The number of aliphatic hydroxyl groups is 2. The minimum Gasteiger partial charge on any atom is -0.507 e. The number of aromatic carboxylic acids is 1. The number of ether oxygens (including phenoxy) is 4. The number of carbonyl (C=O) groups excluding carboxylic acids is 3. The summed E-state index contributed by atoms with van der Waals surface area (Å²) in [6.07, 6.45) is 10.4. The van der Waals surface area contributed by atoms with Gasteiger partial charge in [-0.05, 0) is 70.1 Å². The van der Waals surface area contributed by atoms with Crippen LogP contribution in [0.1, 0.15) is 118 Å². The van der Waals surface area contributed by atoms with Crippen LogP contribution < -0.4 is 20.4 Å². The molecule has 2 saturated heterocycles. The van der Waals surface area contributed by atoms with Crippen molar-refractivity contribution in [1.29, 1.82) is 0 Å². The number of nitrogens with one attached hydrogen (secondary N) is 1. The number of halogens is 1. The largest absolute Gasteiger partial charge is 0.507 e. The fourth-order valence-corrected chi connectivity index (χ4v) is 13.2. The van der Waals surface area contributed by atoms with Gasteiger partial charge in [-0.1, -0.05) is 45.9 Å². The van der Waals surface area contributed by atoms with Gasteiger partial charge in [0.1, 0.15) is 34.7 Å². The Morgan fingerprint density at radius 1 is 0.893 bits per heavy atom. The number of phenols is 3. The third-order valence-electron chi connectivity index (χ3n) is 18.6. The maximum Gasteiger partial charge on any atom is 0.341 e. The number of Topliss-reactive ketones (excluding diaryl/α,β-unsaturated/α-hetero) is 1. The molecular formula is C62H75FN6O15. The third kappa shape index (κ3) is 10.6. The van der Waals surface area contributed by atoms with Gasteiger partial charge in [0, 0.05) is 124 Å². The molecule has 22 heteroatoms. The number of rotatable bonds is 9. The van der Waals surface area contributed by atoms with E-state index >= 15 is 4.39 Å². The molecule has 11 rings (SSSR count). The lowest BCUT2D eigenvalue weighted by Crippen LogP contribution is -2.53. The molecule has 4 aromatic rings. The highest BCUT2D eigenvalue weighted by atomic mass is 19.1. The van der Waals surface area contributed by atoms with Gasteiger partial charge >= 0.3 is 17.7 Å². The van der Waals surface area contributed by atoms with Crippen LogP contribution in [0, 0.1) is 42.3 Å². The maximum absolute atomic E-state index is 16.0. The molecule has 0 radical (unpaired) electrons. The second-order valence-electron chi connectivity index (χ2n) is 24.0. The molecular weight excluding hydrogens is 1090 g/mol. The number of allylic oxidation sites excluding steroid dienone is 2. The molecule has 5 aliphatic heterocycles. The first-order valence-corrected chi connectivity index (χ1v) is 28.8. The average molecular weight is 1160 g/mol. The van der Waals surface area contributed by atoms with Crippen molar-refractivity contribution in [3.05, 3.63) is 92.8 Å². The Morgan fingerprint density at radius 2 is 1.60 bits per heavy atom. The number of esters is 1. The van der Waals surface area contributed by atoms with E-state index in [-0.39, 0.29) is 72.9 Å². The Balaban J connectivity index is 0.945. The number of hydrogen-bond donors (Lipinski definition) is 7. The first-order valence-electron chi connectivity index (χ1n) is 28.8. The van der Waals surface area contributed by atoms with Crippen molar-refractivity contribution in [3.8, 4) is 23.0 Å². The summed E-state index contributed by atoms with van der Waals surface area (Å²) in [6, 6.07) is 2.92. The van der Waals surface area contributed by atoms with Crippen LogP contribution in [-0.2, 0) is 23.8 Å². The Morgan fingerprint density at radius 3 is 2.24 bits per heavy atom. The number of methoxy groups -OCH3 is 1. The van der Waals surface area contributed by atoms with E-state index < -0.39 is 106 Å². The highest BCUT2D eigenvalue weighted by molar-refractivity contribution is 6.24. The monoisotopic (exact) mass is 1160 g/mol. The molecule has 0 spiro atoms. The number of carbonyl (C=O) groups is 4. The fraction of sp³-hybridized carbons (Fsp3) is 0.516. The molecule has 1 aromatic heterocycles. The molecule has 1 amide bonds. The minimum atomic E-state index is -2.11. The van der Waals surface area contributed by atoms with Crippen molar-refractivity contribution in [2.24, 2.45) is 34.7 Å². The number of nitrogens with zero attached hydrogens (tertiary/aromatic N) is 5. The molecule has 1 unspecified atom stereocenters. The van der Waals surface area contributed by atoms with E-state index in [9.17, 15) is 54.6 Å². The molecule has 2 saturated carbocycles. The zero-order valence-corrected chi connectivity index (χ0v) is 48.7. The van der Waals surface area contributed by atoms with Crippen LogP contribution in [0.15, 0.2) is 64.4 Å². The normalized spacial score (nSPS) is 28.7. The zero-order valence-electron chi connectivity index (χ0n) is 48.7. The number of fused-ring (bicyclic) bond motifs is 15. The van der Waals surface area contributed by atoms with E-state index in [0.29, 0.717) is 50.5 Å². The smallest absolute Gasteiger partial charge is 0.341 e. The lowest BCUT2D eigenvalue weighted by molar-refractivity contribution is -0.160. The average Bonchev–Trinajstić information content (AvgIpc) is 1.93. The summed E-state index contributed by atoms with van der Waals surface area (Å²) >= 11 is 0. The molecule has 4 fully saturated rings. The summed E-state index contributed by atoms with van der Waals surface area (Å²) in [5.74, 6) is -10.6. The number of aromatic hydroxyl groups is 3. The van der Waals surface area contributed by atoms with E-state index in [2.05, 4.69) is 10.2 Å². The van der Waals surface area contributed by atoms with Crippen LogP contribution in [0.2, 0.25) is 0 Å². The molecule has 450 valence electrons. The number of amides is 1. The number of piperazine rings is 1. The lowest BCUT2D eigenvalue weighted by Gasteiger charge is -2.41. The van der Waals surface area contributed by atoms with Crippen LogP contribution in [0.3, 0.4) is 0 Å². The predicted octanol–water partition coefficient (Wildman–Crippen LogP) is 7.25. The van der Waals surface area contributed by atoms with E-state index in [4.69, 9.17) is 24.0 Å². The third-order valence-corrected chi connectivity index (χ3v) is 18.6. The predicted molar refractivity (Wildman–Crippen MR) is 310 cm³/mol. The molecule has 84 heavy (non-hydrogen) atoms. The molecule has 6 heterocycles. The maximum atomic E-state index is 16.0. The molecule has 3 aromatic carbocycles. The van der Waals surface area contributed by atoms with Crippen molar-refractivity contribution >= 4 is 62.9 Å². The summed E-state index contributed by atoms with van der Waals surface area (Å²) in [7, 11) is 1.43. The molecule has 7 N–H and O–H groups in total. The summed E-state index contributed by atoms with van der Waals surface area (Å²) in [5.41, 5.74) is -0.927. The van der Waals surface area contributed by atoms with Gasteiger partial charge in [0.05, 0.1) is 64.2 Å². The SMILES string of the molecule is CO[C@H]1C=CO[C@@]2(C)Oc3c(C)c(O)c4c(O)c(c(C=NN5CCN(C6(C7CCN(c8cc9c(cc8F)c(=O)c(C(=O)O)cn9C8CC8)C7)CC6)CC5)c(O)c4c3C2=O)NC(=O)C(C)=CC=C[C@H](C)[C@H](O)[C@@H](C)[C@@H](O)[C@@H](C)[C@H](OC(C)=O)[C@@H]1C. The van der Waals surface area contributed by atoms with Gasteiger partial charge in [0.15, 0.2) is 5.75 Å². The van der Waals surface area contributed by atoms with Gasteiger partial charge in [-0.15, -0.1) is 0 Å². The summed E-state index contributed by atoms with van der Waals surface area (Å²) < 4.78 is 41.7. The summed E-state index contributed by atoms with van der Waals surface area (Å²) in [6.45, 7) is 15.7. The van der Waals surface area contributed by atoms with Crippen LogP contribution in [0.4, 0.5) is 15.8 Å². The summed E-state index contributed by atoms with van der Waals surface area (Å²) in [4.78, 5) is 71.0. The number of aliphatic hydroxyl groups excluding tert-OH is 2. The number of benzene rings is 3. The van der Waals surface area contributed by atoms with Crippen molar-refractivity contribution in [3.63, 3.8) is 0 Å². The Bertz CT molecular complexity index is 3530. The lowest BCUT2D eigenvalue weighted by atomic mass is 9.78. The van der Waals surface area contributed by atoms with Gasteiger partial charge in [0.25, 0.3) is 11.7 Å². The van der Waals surface area contributed by atoms with Crippen LogP contribution in [0.25, 0.3) is 21.7 Å². The van der Waals surface area contributed by atoms with Gasteiger partial charge in [-0.25, -0.2) is 9.18 Å². The van der Waals surface area contributed by atoms with Gasteiger partial charge in [-0.2, -0.15) is 5.10 Å². The highest BCUT2D eigenvalue weighted by Crippen LogP contribution is 2.56. The van der Waals surface area contributed by atoms with Crippen molar-refractivity contribution < 1.29 is 73.2 Å². The second-order valence-corrected chi connectivity index (χ2v) is 24.0. The van der Waals surface area contributed by atoms with E-state index in [1.807, 2.05) is 4.90 Å². The molecule has 10 atom stereocenters. The second kappa shape index (κ2) is 22.8. The number of aromatic nitrogens is 1. The number of carboxylic acids is 1. The number of phenolic OH excluding ortho intramolecular Hbond substituents is 3. The van der Waals surface area contributed by atoms with Crippen molar-refractivity contribution in [2.45, 2.75) is 129 Å². The molecule has 5 bridgehead atoms. The number of anilines is 2. The van der Waals surface area contributed by atoms with Crippen LogP contribution in [0.5, 0.6) is 23.0 Å². The highest BCUT2D eigenvalue weighted by Gasteiger charge is 2.56. The van der Waals surface area contributed by atoms with E-state index in [0.717, 1.165) is 32.1 Å². The Kier molecular flexibility index (Phi) is 16.2. The Labute approximate surface area is 485 Å². The standard InChI is InChI=1S/C62H75FN6O15/c1-30-11-10-12-31(2)59(78)65-49-40(27-64-68-22-20-67(21-23-68)62(17-18-62)37-15-19-66(28-37)44-26-43-39(25-42(44)63)53(74)41(60(79)80)29-69(43)38-13-14-38)54(75)46-47(55(49)76)52(73)35(6)57-48(46)58(77)61(8,84-57)82-24-16-45(81-9)32(3)56(83-36(7)70)34(5)51(72)33(4)50(30)71/h10-12,16,24-27,29-30,32-34,37-38,45,50-51,56,71-73,75-76H,13-15,17-23,28H2,1-9H3,(H,65,78)(H,79,80)/t30-,32+,33+,34+,37?,45-,50-,51+,56+,61-/m0/s1. The van der Waals surface area contributed by atoms with Gasteiger partial charge in [0.2, 0.25) is 5.43 Å². The van der Waals surface area contributed by atoms with Gasteiger partial charge < -0.3 is 64.4 Å². The van der Waals surface area contributed by atoms with Crippen molar-refractivity contribution in [2.75, 3.05) is 56.6 Å². The zero-order chi connectivity index (χ0) is 60.6. The van der Waals surface area contributed by atoms with Crippen LogP contribution in [-0.4, -0.2) is 157 Å². The molecule has 7 aliphatic rings. The number of carboxylic acid groups (broad SMARTS) is 1.